The van der Waals surface area contributed by atoms with E-state index in [4.69, 9.17) is 9.47 Å². The van der Waals surface area contributed by atoms with E-state index in [1.807, 2.05) is 24.3 Å². The van der Waals surface area contributed by atoms with Crippen molar-refractivity contribution >= 4 is 39.8 Å². The number of hydrogen-bond donors (Lipinski definition) is 0. The summed E-state index contributed by atoms with van der Waals surface area (Å²) in [6.07, 6.45) is 0.252. The molecule has 0 aromatic heterocycles. The number of nitrogens with zero attached hydrogens (tertiary/aromatic N) is 2. The van der Waals surface area contributed by atoms with Crippen LogP contribution in [-0.2, 0) is 20.7 Å². The van der Waals surface area contributed by atoms with Crippen LogP contribution in [0.2, 0.25) is 0 Å². The average molecular weight is 571 g/mol. The summed E-state index contributed by atoms with van der Waals surface area (Å²) >= 11 is 3.49. The Morgan fingerprint density at radius 1 is 1.03 bits per heavy atom. The second-order valence-corrected chi connectivity index (χ2v) is 11.5. The quantitative estimate of drug-likeness (QED) is 0.369. The predicted octanol–water partition coefficient (Wildman–Crippen LogP) is 4.70. The molecular weight excluding hydrogens is 540 g/mol. The highest BCUT2D eigenvalue weighted by molar-refractivity contribution is 9.10. The summed E-state index contributed by atoms with van der Waals surface area (Å²) in [7, 11) is 1.31. The summed E-state index contributed by atoms with van der Waals surface area (Å²) in [6.45, 7) is 5.86. The molecule has 37 heavy (non-hydrogen) atoms. The van der Waals surface area contributed by atoms with Gasteiger partial charge in [-0.05, 0) is 69.4 Å². The fourth-order valence-electron chi connectivity index (χ4n) is 5.22. The number of rotatable bonds is 6. The highest BCUT2D eigenvalue weighted by atomic mass is 79.9. The van der Waals surface area contributed by atoms with Crippen LogP contribution in [0.4, 0.5) is 4.79 Å². The third-order valence-corrected chi connectivity index (χ3v) is 7.43. The normalized spacial score (nSPS) is 19.0. The van der Waals surface area contributed by atoms with Crippen LogP contribution >= 0.6 is 15.9 Å². The molecule has 2 heterocycles. The van der Waals surface area contributed by atoms with Gasteiger partial charge in [0.15, 0.2) is 0 Å². The molecule has 1 unspecified atom stereocenters. The first-order valence-corrected chi connectivity index (χ1v) is 13.0. The SMILES string of the molecule is COC(=O)C(Cc1cccc(Br)c1)(CN1C(=O)c2ccccc2C1=O)[C@H]1CCN(C(=O)OC(C)(C)C)C1. The van der Waals surface area contributed by atoms with Gasteiger partial charge in [0.05, 0.1) is 23.7 Å². The van der Waals surface area contributed by atoms with Gasteiger partial charge in [0, 0.05) is 24.1 Å². The van der Waals surface area contributed by atoms with Gasteiger partial charge in [-0.15, -0.1) is 0 Å². The Morgan fingerprint density at radius 3 is 2.24 bits per heavy atom. The third kappa shape index (κ3) is 5.42. The van der Waals surface area contributed by atoms with E-state index < -0.39 is 34.9 Å². The van der Waals surface area contributed by atoms with E-state index in [1.54, 1.807) is 49.9 Å². The van der Waals surface area contributed by atoms with Gasteiger partial charge in [0.2, 0.25) is 0 Å². The van der Waals surface area contributed by atoms with Crippen molar-refractivity contribution in [2.45, 2.75) is 39.2 Å². The Labute approximate surface area is 225 Å². The van der Waals surface area contributed by atoms with Gasteiger partial charge in [-0.3, -0.25) is 19.3 Å². The van der Waals surface area contributed by atoms with E-state index in [9.17, 15) is 19.2 Å². The fourth-order valence-corrected chi connectivity index (χ4v) is 5.66. The minimum Gasteiger partial charge on any atom is -0.469 e. The van der Waals surface area contributed by atoms with Crippen LogP contribution in [0, 0.1) is 11.3 Å². The standard InChI is InChI=1S/C28H31BrN2O6/c1-27(2,3)37-26(35)30-13-12-19(16-30)28(25(34)36-4,15-18-8-7-9-20(29)14-18)17-31-23(32)21-10-5-6-11-22(21)24(31)33/h5-11,14,19H,12-13,15-17H2,1-4H3/t19-,28?/m0/s1. The molecule has 2 aromatic carbocycles. The van der Waals surface area contributed by atoms with Crippen LogP contribution in [0.5, 0.6) is 0 Å². The molecule has 2 aliphatic heterocycles. The lowest BCUT2D eigenvalue weighted by Crippen LogP contribution is -2.52. The number of hydrogen-bond acceptors (Lipinski definition) is 6. The van der Waals surface area contributed by atoms with Crippen LogP contribution in [0.1, 0.15) is 53.5 Å². The number of carbonyl (C=O) groups excluding carboxylic acids is 4. The van der Waals surface area contributed by atoms with Gasteiger partial charge in [-0.25, -0.2) is 4.79 Å². The lowest BCUT2D eigenvalue weighted by molar-refractivity contribution is -0.157. The molecule has 2 aromatic rings. The van der Waals surface area contributed by atoms with Gasteiger partial charge in [0.25, 0.3) is 11.8 Å². The smallest absolute Gasteiger partial charge is 0.410 e. The molecule has 3 amide bonds. The topological polar surface area (TPSA) is 93.2 Å². The molecule has 8 nitrogen and oxygen atoms in total. The summed E-state index contributed by atoms with van der Waals surface area (Å²) in [6, 6.07) is 14.2. The first kappa shape index (κ1) is 26.9. The average Bonchev–Trinajstić information content (AvgIpc) is 3.43. The number of methoxy groups -OCH3 is 1. The maximum Gasteiger partial charge on any atom is 0.410 e. The number of ether oxygens (including phenoxy) is 2. The fraction of sp³-hybridized carbons (Fsp3) is 0.429. The zero-order chi connectivity index (χ0) is 27.0. The number of esters is 1. The molecule has 2 atom stereocenters. The van der Waals surface area contributed by atoms with Crippen molar-refractivity contribution in [3.63, 3.8) is 0 Å². The van der Waals surface area contributed by atoms with Crippen LogP contribution in [0.25, 0.3) is 0 Å². The molecular formula is C28H31BrN2O6. The second kappa shape index (κ2) is 10.3. The summed E-state index contributed by atoms with van der Waals surface area (Å²) < 4.78 is 11.7. The highest BCUT2D eigenvalue weighted by Gasteiger charge is 2.53. The molecule has 0 saturated carbocycles. The van der Waals surface area contributed by atoms with Crippen molar-refractivity contribution in [1.82, 2.24) is 9.80 Å². The van der Waals surface area contributed by atoms with Gasteiger partial charge in [-0.1, -0.05) is 40.2 Å². The molecule has 0 N–H and O–H groups in total. The highest BCUT2D eigenvalue weighted by Crippen LogP contribution is 2.42. The van der Waals surface area contributed by atoms with Crippen molar-refractivity contribution in [3.8, 4) is 0 Å². The van der Waals surface area contributed by atoms with Crippen LogP contribution < -0.4 is 0 Å². The number of fused-ring (bicyclic) bond motifs is 1. The molecule has 0 bridgehead atoms. The predicted molar refractivity (Wildman–Crippen MR) is 140 cm³/mol. The molecule has 2 aliphatic rings. The van der Waals surface area contributed by atoms with Crippen molar-refractivity contribution in [1.29, 1.82) is 0 Å². The number of carbonyl (C=O) groups is 4. The number of likely N-dealkylation sites (tertiary alicyclic amines) is 1. The molecule has 0 radical (unpaired) electrons. The molecule has 9 heteroatoms. The monoisotopic (exact) mass is 570 g/mol. The first-order chi connectivity index (χ1) is 17.4. The second-order valence-electron chi connectivity index (χ2n) is 10.6. The van der Waals surface area contributed by atoms with E-state index in [1.165, 1.54) is 7.11 Å². The van der Waals surface area contributed by atoms with Gasteiger partial charge >= 0.3 is 12.1 Å². The van der Waals surface area contributed by atoms with Crippen LogP contribution in [0.3, 0.4) is 0 Å². The maximum absolute atomic E-state index is 13.7. The molecule has 196 valence electrons. The number of imide groups is 1. The van der Waals surface area contributed by atoms with E-state index in [0.717, 1.165) is 14.9 Å². The van der Waals surface area contributed by atoms with E-state index in [2.05, 4.69) is 15.9 Å². The molecule has 0 spiro atoms. The molecule has 0 aliphatic carbocycles. The summed E-state index contributed by atoms with van der Waals surface area (Å²) in [5, 5.41) is 0. The zero-order valence-electron chi connectivity index (χ0n) is 21.5. The maximum atomic E-state index is 13.7. The minimum atomic E-state index is -1.28. The van der Waals surface area contributed by atoms with E-state index in [0.29, 0.717) is 24.1 Å². The number of amides is 3. The largest absolute Gasteiger partial charge is 0.469 e. The zero-order valence-corrected chi connectivity index (χ0v) is 23.0. The Bertz CT molecular complexity index is 1200. The summed E-state index contributed by atoms with van der Waals surface area (Å²) in [5.74, 6) is -1.79. The minimum absolute atomic E-state index is 0.161. The van der Waals surface area contributed by atoms with Crippen LogP contribution in [-0.4, -0.2) is 66.0 Å². The summed E-state index contributed by atoms with van der Waals surface area (Å²) in [4.78, 5) is 55.9. The third-order valence-electron chi connectivity index (χ3n) is 6.94. The van der Waals surface area contributed by atoms with Crippen molar-refractivity contribution in [3.05, 3.63) is 69.7 Å². The molecule has 1 fully saturated rings. The number of benzene rings is 2. The van der Waals surface area contributed by atoms with Gasteiger partial charge in [-0.2, -0.15) is 0 Å². The Kier molecular flexibility index (Phi) is 7.46. The Hall–Kier alpha value is -3.20. The summed E-state index contributed by atoms with van der Waals surface area (Å²) in [5.41, 5.74) is -0.469. The van der Waals surface area contributed by atoms with Gasteiger partial charge in [0.1, 0.15) is 5.60 Å². The lowest BCUT2D eigenvalue weighted by Gasteiger charge is -2.39. The van der Waals surface area contributed by atoms with Crippen molar-refractivity contribution < 1.29 is 28.7 Å². The van der Waals surface area contributed by atoms with Crippen molar-refractivity contribution in [2.75, 3.05) is 26.7 Å². The Balaban J connectivity index is 1.73. The Morgan fingerprint density at radius 2 is 1.68 bits per heavy atom. The van der Waals surface area contributed by atoms with E-state index in [-0.39, 0.29) is 25.4 Å². The number of halogens is 1. The first-order valence-electron chi connectivity index (χ1n) is 12.2. The molecule has 4 rings (SSSR count). The van der Waals surface area contributed by atoms with Crippen molar-refractivity contribution in [2.24, 2.45) is 11.3 Å². The molecule has 1 saturated heterocycles. The van der Waals surface area contributed by atoms with Gasteiger partial charge < -0.3 is 14.4 Å². The van der Waals surface area contributed by atoms with E-state index >= 15 is 0 Å². The van der Waals surface area contributed by atoms with Crippen LogP contribution in [0.15, 0.2) is 53.0 Å². The lowest BCUT2D eigenvalue weighted by atomic mass is 9.70.